The van der Waals surface area contributed by atoms with Crippen molar-refractivity contribution < 1.29 is 4.92 Å². The first-order chi connectivity index (χ1) is 9.02. The molecule has 0 unspecified atom stereocenters. The summed E-state index contributed by atoms with van der Waals surface area (Å²) < 4.78 is 0. The lowest BCUT2D eigenvalue weighted by molar-refractivity contribution is -0.385. The van der Waals surface area contributed by atoms with Gasteiger partial charge < -0.3 is 5.32 Å². The Labute approximate surface area is 119 Å². The van der Waals surface area contributed by atoms with Crippen LogP contribution in [0.2, 0.25) is 0 Å². The van der Waals surface area contributed by atoms with Crippen molar-refractivity contribution in [3.05, 3.63) is 28.3 Å². The Hall–Kier alpha value is -1.23. The van der Waals surface area contributed by atoms with Gasteiger partial charge in [0.05, 0.1) is 4.92 Å². The van der Waals surface area contributed by atoms with E-state index in [9.17, 15) is 10.1 Å². The Morgan fingerprint density at radius 2 is 2.11 bits per heavy atom. The molecule has 4 nitrogen and oxygen atoms in total. The summed E-state index contributed by atoms with van der Waals surface area (Å²) in [7, 11) is 0. The topological polar surface area (TPSA) is 55.2 Å². The van der Waals surface area contributed by atoms with Crippen molar-refractivity contribution in [3.8, 4) is 0 Å². The molecule has 0 aliphatic carbocycles. The number of non-ortho nitro benzene ring substituents is 1. The number of nitro benzene ring substituents is 1. The van der Waals surface area contributed by atoms with E-state index in [-0.39, 0.29) is 10.6 Å². The van der Waals surface area contributed by atoms with Crippen LogP contribution in [0, 0.1) is 16.0 Å². The molecule has 0 saturated heterocycles. The van der Waals surface area contributed by atoms with Gasteiger partial charge in [-0.3, -0.25) is 10.1 Å². The molecule has 0 saturated carbocycles. The van der Waals surface area contributed by atoms with E-state index < -0.39 is 0 Å². The molecule has 0 aromatic heterocycles. The molecule has 0 aliphatic rings. The fourth-order valence-electron chi connectivity index (χ4n) is 1.56. The zero-order chi connectivity index (χ0) is 14.3. The maximum atomic E-state index is 10.9. The summed E-state index contributed by atoms with van der Waals surface area (Å²) in [6, 6.07) is 5.25. The van der Waals surface area contributed by atoms with Crippen LogP contribution in [-0.2, 0) is 0 Å². The highest BCUT2D eigenvalue weighted by molar-refractivity contribution is 7.99. The maximum absolute atomic E-state index is 10.9. The van der Waals surface area contributed by atoms with Gasteiger partial charge in [-0.1, -0.05) is 20.8 Å². The fourth-order valence-corrected chi connectivity index (χ4v) is 2.80. The van der Waals surface area contributed by atoms with Crippen molar-refractivity contribution >= 4 is 23.1 Å². The van der Waals surface area contributed by atoms with Gasteiger partial charge in [-0.25, -0.2) is 0 Å². The van der Waals surface area contributed by atoms with Crippen LogP contribution in [0.1, 0.15) is 33.6 Å². The Morgan fingerprint density at radius 1 is 1.37 bits per heavy atom. The summed E-state index contributed by atoms with van der Waals surface area (Å²) >= 11 is 1.68. The highest BCUT2D eigenvalue weighted by atomic mass is 32.2. The van der Waals surface area contributed by atoms with Crippen molar-refractivity contribution in [2.75, 3.05) is 17.6 Å². The molecule has 0 spiro atoms. The predicted octanol–water partition coefficient (Wildman–Crippen LogP) is 4.55. The highest BCUT2D eigenvalue weighted by Gasteiger charge is 2.10. The van der Waals surface area contributed by atoms with Gasteiger partial charge in [-0.05, 0) is 30.6 Å². The molecule has 1 aromatic rings. The summed E-state index contributed by atoms with van der Waals surface area (Å²) in [6.07, 6.45) is 2.11. The quantitative estimate of drug-likeness (QED) is 0.431. The van der Waals surface area contributed by atoms with Crippen LogP contribution in [0.5, 0.6) is 0 Å². The van der Waals surface area contributed by atoms with E-state index in [0.29, 0.717) is 5.92 Å². The minimum absolute atomic E-state index is 0.160. The number of thioether (sulfide) groups is 1. The first kappa shape index (κ1) is 15.8. The standard InChI is InChI=1S/C14H22N2O2S/c1-4-6-15-12-8-13(16(17)18)10-14(9-12)19-7-5-11(2)3/h8-11,15H,4-7H2,1-3H3. The number of hydrogen-bond donors (Lipinski definition) is 1. The van der Waals surface area contributed by atoms with Crippen LogP contribution in [0.25, 0.3) is 0 Å². The lowest BCUT2D eigenvalue weighted by Gasteiger charge is -2.08. The van der Waals surface area contributed by atoms with Crippen molar-refractivity contribution in [2.45, 2.75) is 38.5 Å². The molecule has 1 rings (SSSR count). The average Bonchev–Trinajstić information content (AvgIpc) is 2.35. The lowest BCUT2D eigenvalue weighted by Crippen LogP contribution is -2.01. The third-order valence-electron chi connectivity index (χ3n) is 2.65. The summed E-state index contributed by atoms with van der Waals surface area (Å²) in [4.78, 5) is 11.6. The molecular formula is C14H22N2O2S. The molecule has 0 bridgehead atoms. The summed E-state index contributed by atoms with van der Waals surface area (Å²) in [5.74, 6) is 1.65. The smallest absolute Gasteiger partial charge is 0.272 e. The van der Waals surface area contributed by atoms with Crippen molar-refractivity contribution in [2.24, 2.45) is 5.92 Å². The third-order valence-corrected chi connectivity index (χ3v) is 3.65. The number of anilines is 1. The maximum Gasteiger partial charge on any atom is 0.272 e. The SMILES string of the molecule is CCCNc1cc(SCCC(C)C)cc([N+](=O)[O-])c1. The van der Waals surface area contributed by atoms with E-state index in [1.807, 2.05) is 6.07 Å². The van der Waals surface area contributed by atoms with Crippen LogP contribution in [0.4, 0.5) is 11.4 Å². The van der Waals surface area contributed by atoms with Crippen molar-refractivity contribution in [1.82, 2.24) is 0 Å². The predicted molar refractivity (Wildman–Crippen MR) is 82.1 cm³/mol. The second-order valence-electron chi connectivity index (χ2n) is 4.93. The second kappa shape index (κ2) is 8.04. The molecule has 1 aromatic carbocycles. The first-order valence-electron chi connectivity index (χ1n) is 6.69. The van der Waals surface area contributed by atoms with Crippen LogP contribution < -0.4 is 5.32 Å². The molecule has 0 heterocycles. The monoisotopic (exact) mass is 282 g/mol. The number of nitrogens with one attached hydrogen (secondary N) is 1. The summed E-state index contributed by atoms with van der Waals surface area (Å²) in [5, 5.41) is 14.1. The molecule has 0 radical (unpaired) electrons. The van der Waals surface area contributed by atoms with E-state index in [2.05, 4.69) is 26.1 Å². The minimum Gasteiger partial charge on any atom is -0.385 e. The minimum atomic E-state index is -0.330. The van der Waals surface area contributed by atoms with Gasteiger partial charge in [0.1, 0.15) is 0 Å². The van der Waals surface area contributed by atoms with Gasteiger partial charge in [-0.15, -0.1) is 11.8 Å². The third kappa shape index (κ3) is 5.96. The van der Waals surface area contributed by atoms with Crippen LogP contribution in [-0.4, -0.2) is 17.2 Å². The number of rotatable bonds is 8. The van der Waals surface area contributed by atoms with E-state index in [0.717, 1.165) is 35.7 Å². The van der Waals surface area contributed by atoms with Gasteiger partial charge in [-0.2, -0.15) is 0 Å². The second-order valence-corrected chi connectivity index (χ2v) is 6.10. The highest BCUT2D eigenvalue weighted by Crippen LogP contribution is 2.29. The molecule has 0 atom stereocenters. The van der Waals surface area contributed by atoms with Gasteiger partial charge >= 0.3 is 0 Å². The number of benzene rings is 1. The van der Waals surface area contributed by atoms with Crippen LogP contribution >= 0.6 is 11.8 Å². The summed E-state index contributed by atoms with van der Waals surface area (Å²) in [5.41, 5.74) is 0.997. The Balaban J connectivity index is 2.77. The zero-order valence-electron chi connectivity index (χ0n) is 11.8. The molecular weight excluding hydrogens is 260 g/mol. The fraction of sp³-hybridized carbons (Fsp3) is 0.571. The zero-order valence-corrected chi connectivity index (χ0v) is 12.6. The van der Waals surface area contributed by atoms with Gasteiger partial charge in [0, 0.05) is 29.3 Å². The van der Waals surface area contributed by atoms with E-state index in [1.54, 1.807) is 23.9 Å². The van der Waals surface area contributed by atoms with Crippen LogP contribution in [0.3, 0.4) is 0 Å². The Kier molecular flexibility index (Phi) is 6.70. The summed E-state index contributed by atoms with van der Waals surface area (Å²) in [6.45, 7) is 7.27. The van der Waals surface area contributed by atoms with E-state index in [1.165, 1.54) is 0 Å². The molecule has 0 fully saturated rings. The molecule has 106 valence electrons. The molecule has 19 heavy (non-hydrogen) atoms. The average molecular weight is 282 g/mol. The van der Waals surface area contributed by atoms with Gasteiger partial charge in [0.15, 0.2) is 0 Å². The first-order valence-corrected chi connectivity index (χ1v) is 7.67. The lowest BCUT2D eigenvalue weighted by atomic mass is 10.2. The van der Waals surface area contributed by atoms with Crippen LogP contribution in [0.15, 0.2) is 23.1 Å². The number of hydrogen-bond acceptors (Lipinski definition) is 4. The van der Waals surface area contributed by atoms with E-state index in [4.69, 9.17) is 0 Å². The number of nitrogens with zero attached hydrogens (tertiary/aromatic N) is 1. The van der Waals surface area contributed by atoms with Crippen molar-refractivity contribution in [1.29, 1.82) is 0 Å². The molecule has 0 amide bonds. The molecule has 5 heteroatoms. The van der Waals surface area contributed by atoms with Gasteiger partial charge in [0.25, 0.3) is 5.69 Å². The van der Waals surface area contributed by atoms with Gasteiger partial charge in [0.2, 0.25) is 0 Å². The normalized spacial score (nSPS) is 10.7. The van der Waals surface area contributed by atoms with Crippen molar-refractivity contribution in [3.63, 3.8) is 0 Å². The Morgan fingerprint density at radius 3 is 2.68 bits per heavy atom. The van der Waals surface area contributed by atoms with E-state index >= 15 is 0 Å². The molecule has 0 aliphatic heterocycles. The molecule has 1 N–H and O–H groups in total. The number of nitro groups is 1. The largest absolute Gasteiger partial charge is 0.385 e. The Bertz CT molecular complexity index is 422.